The highest BCUT2D eigenvalue weighted by Crippen LogP contribution is 2.39. The summed E-state index contributed by atoms with van der Waals surface area (Å²) in [6.45, 7) is 2.28. The lowest BCUT2D eigenvalue weighted by Crippen LogP contribution is -2.23. The number of rotatable bonds is 7. The average molecular weight is 429 g/mol. The van der Waals surface area contributed by atoms with E-state index in [-0.39, 0.29) is 5.91 Å². The topological polar surface area (TPSA) is 82.6 Å². The Kier molecular flexibility index (Phi) is 6.17. The van der Waals surface area contributed by atoms with Crippen LogP contribution in [0.1, 0.15) is 21.5 Å². The van der Waals surface area contributed by atoms with Crippen molar-refractivity contribution in [2.75, 3.05) is 14.2 Å². The van der Waals surface area contributed by atoms with Gasteiger partial charge in [-0.25, -0.2) is 0 Å². The molecular weight excluding hydrogens is 406 g/mol. The van der Waals surface area contributed by atoms with E-state index >= 15 is 0 Å². The van der Waals surface area contributed by atoms with Crippen molar-refractivity contribution < 1.29 is 19.0 Å². The number of aromatic nitrogens is 2. The van der Waals surface area contributed by atoms with Gasteiger partial charge in [0.25, 0.3) is 5.91 Å². The molecule has 0 atom stereocenters. The molecule has 0 radical (unpaired) electrons. The number of nitrogens with one attached hydrogen (secondary N) is 1. The van der Waals surface area contributed by atoms with E-state index in [4.69, 9.17) is 14.2 Å². The molecule has 0 spiro atoms. The molecule has 32 heavy (non-hydrogen) atoms. The molecular formula is C25H23N3O4. The molecule has 7 nitrogen and oxygen atoms in total. The lowest BCUT2D eigenvalue weighted by molar-refractivity contribution is 0.0950. The van der Waals surface area contributed by atoms with E-state index in [9.17, 15) is 4.79 Å². The van der Waals surface area contributed by atoms with Crippen LogP contribution in [0.5, 0.6) is 23.0 Å². The first-order valence-corrected chi connectivity index (χ1v) is 10.1. The van der Waals surface area contributed by atoms with E-state index in [0.717, 1.165) is 16.5 Å². The standard InChI is InChI=1S/C25H23N3O4/c1-16-19(25(29)28-15-17-7-10-26-11-8-17)5-4-6-21(16)32-22-9-12-27-20-13-18(30-2)14-23(31-3)24(20)22/h4-14H,15H2,1-3H3,(H,28,29). The van der Waals surface area contributed by atoms with Crippen molar-refractivity contribution >= 4 is 16.8 Å². The van der Waals surface area contributed by atoms with Crippen molar-refractivity contribution in [3.05, 3.63) is 83.8 Å². The lowest BCUT2D eigenvalue weighted by Gasteiger charge is -2.15. The largest absolute Gasteiger partial charge is 0.497 e. The molecule has 1 amide bonds. The molecule has 0 saturated carbocycles. The van der Waals surface area contributed by atoms with Crippen LogP contribution >= 0.6 is 0 Å². The van der Waals surface area contributed by atoms with E-state index in [1.165, 1.54) is 0 Å². The minimum atomic E-state index is -0.174. The van der Waals surface area contributed by atoms with Gasteiger partial charge in [0.05, 0.1) is 25.1 Å². The van der Waals surface area contributed by atoms with E-state index in [1.54, 1.807) is 57.1 Å². The Hall–Kier alpha value is -4.13. The highest BCUT2D eigenvalue weighted by atomic mass is 16.5. The number of pyridine rings is 2. The van der Waals surface area contributed by atoms with Crippen LogP contribution < -0.4 is 19.5 Å². The van der Waals surface area contributed by atoms with Crippen LogP contribution in [0, 0.1) is 6.92 Å². The minimum Gasteiger partial charge on any atom is -0.497 e. The SMILES string of the molecule is COc1cc(OC)c2c(Oc3cccc(C(=O)NCc4ccncc4)c3C)ccnc2c1. The minimum absolute atomic E-state index is 0.174. The molecule has 4 aromatic rings. The molecule has 0 unspecified atom stereocenters. The van der Waals surface area contributed by atoms with Crippen LogP contribution in [0.4, 0.5) is 0 Å². The van der Waals surface area contributed by atoms with Crippen LogP contribution in [0.15, 0.2) is 67.1 Å². The van der Waals surface area contributed by atoms with Gasteiger partial charge in [0.15, 0.2) is 0 Å². The third-order valence-electron chi connectivity index (χ3n) is 5.15. The third-order valence-corrected chi connectivity index (χ3v) is 5.15. The molecule has 7 heteroatoms. The Morgan fingerprint density at radius 3 is 2.50 bits per heavy atom. The number of carbonyl (C=O) groups excluding carboxylic acids is 1. The first-order chi connectivity index (χ1) is 15.6. The summed E-state index contributed by atoms with van der Waals surface area (Å²) in [6, 6.07) is 14.5. The number of carbonyl (C=O) groups is 1. The second kappa shape index (κ2) is 9.34. The Morgan fingerprint density at radius 2 is 1.75 bits per heavy atom. The fourth-order valence-electron chi connectivity index (χ4n) is 3.43. The molecule has 0 aliphatic rings. The summed E-state index contributed by atoms with van der Waals surface area (Å²) < 4.78 is 17.1. The first kappa shape index (κ1) is 21.1. The second-order valence-electron chi connectivity index (χ2n) is 7.10. The van der Waals surface area contributed by atoms with Crippen molar-refractivity contribution in [1.29, 1.82) is 0 Å². The van der Waals surface area contributed by atoms with Gasteiger partial charge in [-0.3, -0.25) is 14.8 Å². The zero-order chi connectivity index (χ0) is 22.5. The number of nitrogens with zero attached hydrogens (tertiary/aromatic N) is 2. The van der Waals surface area contributed by atoms with Gasteiger partial charge in [-0.05, 0) is 42.8 Å². The summed E-state index contributed by atoms with van der Waals surface area (Å²) in [5, 5.41) is 3.67. The Bertz CT molecular complexity index is 1260. The predicted molar refractivity (Wildman–Crippen MR) is 122 cm³/mol. The van der Waals surface area contributed by atoms with Crippen molar-refractivity contribution in [2.24, 2.45) is 0 Å². The smallest absolute Gasteiger partial charge is 0.251 e. The van der Waals surface area contributed by atoms with Gasteiger partial charge in [0.1, 0.15) is 23.0 Å². The first-order valence-electron chi connectivity index (χ1n) is 10.1. The Morgan fingerprint density at radius 1 is 0.938 bits per heavy atom. The molecule has 0 fully saturated rings. The van der Waals surface area contributed by atoms with E-state index < -0.39 is 0 Å². The van der Waals surface area contributed by atoms with Gasteiger partial charge in [-0.2, -0.15) is 0 Å². The highest BCUT2D eigenvalue weighted by molar-refractivity contribution is 5.96. The van der Waals surface area contributed by atoms with E-state index in [2.05, 4.69) is 15.3 Å². The predicted octanol–water partition coefficient (Wildman–Crippen LogP) is 4.68. The number of ether oxygens (including phenoxy) is 3. The quantitative estimate of drug-likeness (QED) is 0.459. The molecule has 0 aliphatic heterocycles. The van der Waals surface area contributed by atoms with Gasteiger partial charge < -0.3 is 19.5 Å². The second-order valence-corrected chi connectivity index (χ2v) is 7.10. The summed E-state index contributed by atoms with van der Waals surface area (Å²) in [5.74, 6) is 2.21. The molecule has 2 aromatic heterocycles. The number of benzene rings is 2. The third kappa shape index (κ3) is 4.32. The average Bonchev–Trinajstić information content (AvgIpc) is 2.83. The lowest BCUT2D eigenvalue weighted by atomic mass is 10.1. The van der Waals surface area contributed by atoms with Gasteiger partial charge >= 0.3 is 0 Å². The summed E-state index contributed by atoms with van der Waals surface area (Å²) in [7, 11) is 3.18. The van der Waals surface area contributed by atoms with Crippen LogP contribution in [-0.4, -0.2) is 30.1 Å². The van der Waals surface area contributed by atoms with Crippen LogP contribution in [0.3, 0.4) is 0 Å². The summed E-state index contributed by atoms with van der Waals surface area (Å²) in [6.07, 6.45) is 5.06. The van der Waals surface area contributed by atoms with Gasteiger partial charge in [-0.15, -0.1) is 0 Å². The number of amides is 1. The van der Waals surface area contributed by atoms with E-state index in [1.807, 2.05) is 31.2 Å². The monoisotopic (exact) mass is 429 g/mol. The number of fused-ring (bicyclic) bond motifs is 1. The van der Waals surface area contributed by atoms with Gasteiger partial charge in [0, 0.05) is 48.4 Å². The van der Waals surface area contributed by atoms with Crippen LogP contribution in [-0.2, 0) is 6.54 Å². The normalized spacial score (nSPS) is 10.6. The maximum atomic E-state index is 12.8. The summed E-state index contributed by atoms with van der Waals surface area (Å²) >= 11 is 0. The zero-order valence-corrected chi connectivity index (χ0v) is 18.1. The van der Waals surface area contributed by atoms with Crippen molar-refractivity contribution in [2.45, 2.75) is 13.5 Å². The van der Waals surface area contributed by atoms with Gasteiger partial charge in [-0.1, -0.05) is 6.07 Å². The molecule has 0 aliphatic carbocycles. The molecule has 2 aromatic carbocycles. The Labute approximate surface area is 186 Å². The fraction of sp³-hybridized carbons (Fsp3) is 0.160. The van der Waals surface area contributed by atoms with Crippen molar-refractivity contribution in [3.63, 3.8) is 0 Å². The molecule has 2 heterocycles. The fourth-order valence-corrected chi connectivity index (χ4v) is 3.43. The molecule has 0 bridgehead atoms. The summed E-state index contributed by atoms with van der Waals surface area (Å²) in [4.78, 5) is 21.2. The molecule has 1 N–H and O–H groups in total. The Balaban J connectivity index is 1.63. The maximum absolute atomic E-state index is 12.8. The zero-order valence-electron chi connectivity index (χ0n) is 18.1. The number of hydrogen-bond acceptors (Lipinski definition) is 6. The molecule has 162 valence electrons. The maximum Gasteiger partial charge on any atom is 0.251 e. The van der Waals surface area contributed by atoms with Crippen LogP contribution in [0.25, 0.3) is 10.9 Å². The van der Waals surface area contributed by atoms with Crippen LogP contribution in [0.2, 0.25) is 0 Å². The van der Waals surface area contributed by atoms with Crippen molar-refractivity contribution in [1.82, 2.24) is 15.3 Å². The number of methoxy groups -OCH3 is 2. The summed E-state index contributed by atoms with van der Waals surface area (Å²) in [5.41, 5.74) is 2.94. The van der Waals surface area contributed by atoms with Gasteiger partial charge in [0.2, 0.25) is 0 Å². The van der Waals surface area contributed by atoms with E-state index in [0.29, 0.717) is 40.6 Å². The van der Waals surface area contributed by atoms with Crippen molar-refractivity contribution in [3.8, 4) is 23.0 Å². The molecule has 4 rings (SSSR count). The number of hydrogen-bond donors (Lipinski definition) is 1. The highest BCUT2D eigenvalue weighted by Gasteiger charge is 2.16. The molecule has 0 saturated heterocycles.